The molecule has 0 radical (unpaired) electrons. The fourth-order valence-electron chi connectivity index (χ4n) is 2.77. The minimum absolute atomic E-state index is 0.119. The van der Waals surface area contributed by atoms with Gasteiger partial charge in [-0.05, 0) is 32.7 Å². The zero-order chi connectivity index (χ0) is 13.9. The highest BCUT2D eigenvalue weighted by Gasteiger charge is 2.27. The minimum Gasteiger partial charge on any atom is -0.390 e. The van der Waals surface area contributed by atoms with Crippen LogP contribution in [-0.4, -0.2) is 64.9 Å². The number of nitrogens with zero attached hydrogens (tertiary/aromatic N) is 2. The first kappa shape index (κ1) is 14.5. The number of piperidine rings is 1. The zero-order valence-electron chi connectivity index (χ0n) is 11.7. The molecule has 0 bridgehead atoms. The Morgan fingerprint density at radius 2 is 1.89 bits per heavy atom. The van der Waals surface area contributed by atoms with Crippen molar-refractivity contribution in [1.82, 2.24) is 9.80 Å². The van der Waals surface area contributed by atoms with E-state index >= 15 is 0 Å². The molecular formula is C14H24N2O3. The van der Waals surface area contributed by atoms with E-state index in [0.717, 1.165) is 32.4 Å². The van der Waals surface area contributed by atoms with E-state index in [9.17, 15) is 14.7 Å². The second-order valence-corrected chi connectivity index (χ2v) is 6.05. The Labute approximate surface area is 114 Å². The van der Waals surface area contributed by atoms with Gasteiger partial charge in [0.2, 0.25) is 5.91 Å². The molecule has 5 heteroatoms. The minimum atomic E-state index is -0.588. The van der Waals surface area contributed by atoms with Crippen molar-refractivity contribution < 1.29 is 14.7 Å². The van der Waals surface area contributed by atoms with Gasteiger partial charge >= 0.3 is 0 Å². The molecule has 1 amide bonds. The summed E-state index contributed by atoms with van der Waals surface area (Å²) < 4.78 is 0. The Kier molecular flexibility index (Phi) is 4.58. The smallest absolute Gasteiger partial charge is 0.236 e. The number of rotatable bonds is 2. The van der Waals surface area contributed by atoms with Gasteiger partial charge < -0.3 is 10.0 Å². The molecule has 0 spiro atoms. The maximum absolute atomic E-state index is 12.2. The van der Waals surface area contributed by atoms with Gasteiger partial charge in [0.05, 0.1) is 12.1 Å². The zero-order valence-corrected chi connectivity index (χ0v) is 11.7. The number of likely N-dealkylation sites (tertiary alicyclic amines) is 2. The Bertz CT molecular complexity index is 345. The molecule has 2 saturated heterocycles. The van der Waals surface area contributed by atoms with Gasteiger partial charge in [0.25, 0.3) is 0 Å². The highest BCUT2D eigenvalue weighted by molar-refractivity contribution is 5.84. The molecule has 2 heterocycles. The largest absolute Gasteiger partial charge is 0.390 e. The molecule has 1 unspecified atom stereocenters. The van der Waals surface area contributed by atoms with Gasteiger partial charge in [-0.25, -0.2) is 0 Å². The van der Waals surface area contributed by atoms with Crippen LogP contribution in [0.15, 0.2) is 0 Å². The van der Waals surface area contributed by atoms with Crippen LogP contribution in [0.2, 0.25) is 0 Å². The molecule has 0 aromatic rings. The molecule has 0 aromatic carbocycles. The van der Waals surface area contributed by atoms with Crippen LogP contribution in [0, 0.1) is 0 Å². The van der Waals surface area contributed by atoms with Crippen molar-refractivity contribution in [1.29, 1.82) is 0 Å². The van der Waals surface area contributed by atoms with Crippen molar-refractivity contribution in [2.24, 2.45) is 0 Å². The lowest BCUT2D eigenvalue weighted by molar-refractivity contribution is -0.135. The second-order valence-electron chi connectivity index (χ2n) is 6.05. The molecule has 2 aliphatic heterocycles. The Morgan fingerprint density at radius 3 is 2.58 bits per heavy atom. The lowest BCUT2D eigenvalue weighted by Crippen LogP contribution is -2.44. The van der Waals surface area contributed by atoms with E-state index < -0.39 is 5.60 Å². The summed E-state index contributed by atoms with van der Waals surface area (Å²) in [4.78, 5) is 27.2. The lowest BCUT2D eigenvalue weighted by atomic mass is 9.98. The third kappa shape index (κ3) is 4.28. The number of amides is 1. The highest BCUT2D eigenvalue weighted by Crippen LogP contribution is 2.21. The summed E-state index contributed by atoms with van der Waals surface area (Å²) in [6, 6.07) is 0. The van der Waals surface area contributed by atoms with Crippen molar-refractivity contribution in [3.8, 4) is 0 Å². The van der Waals surface area contributed by atoms with Gasteiger partial charge in [-0.1, -0.05) is 0 Å². The predicted octanol–water partition coefficient (Wildman–Crippen LogP) is 0.415. The number of ketones is 1. The Hall–Kier alpha value is -0.940. The second kappa shape index (κ2) is 6.01. The van der Waals surface area contributed by atoms with E-state index in [-0.39, 0.29) is 11.7 Å². The van der Waals surface area contributed by atoms with Crippen molar-refractivity contribution in [2.75, 3.05) is 32.7 Å². The lowest BCUT2D eigenvalue weighted by Gasteiger charge is -2.29. The van der Waals surface area contributed by atoms with Gasteiger partial charge in [0, 0.05) is 32.5 Å². The molecule has 5 nitrogen and oxygen atoms in total. The number of carbonyl (C=O) groups excluding carboxylic acids is 2. The number of Topliss-reactive ketones (excluding diaryl/α,β-unsaturated/α-hetero) is 1. The SMILES string of the molecule is CC1(O)CCCN(CC(=O)N2CCC(=O)CC2)CC1. The Balaban J connectivity index is 1.80. The maximum atomic E-state index is 12.2. The topological polar surface area (TPSA) is 60.9 Å². The summed E-state index contributed by atoms with van der Waals surface area (Å²) in [5.41, 5.74) is -0.588. The van der Waals surface area contributed by atoms with Gasteiger partial charge in [-0.15, -0.1) is 0 Å². The first-order chi connectivity index (χ1) is 8.96. The molecular weight excluding hydrogens is 244 g/mol. The third-order valence-electron chi connectivity index (χ3n) is 4.19. The molecule has 2 fully saturated rings. The molecule has 1 N–H and O–H groups in total. The van der Waals surface area contributed by atoms with Crippen LogP contribution in [0.3, 0.4) is 0 Å². The first-order valence-corrected chi connectivity index (χ1v) is 7.20. The predicted molar refractivity (Wildman–Crippen MR) is 71.7 cm³/mol. The normalized spacial score (nSPS) is 30.2. The molecule has 0 saturated carbocycles. The number of aliphatic hydroxyl groups is 1. The van der Waals surface area contributed by atoms with Crippen LogP contribution in [-0.2, 0) is 9.59 Å². The van der Waals surface area contributed by atoms with Crippen LogP contribution in [0.5, 0.6) is 0 Å². The molecule has 108 valence electrons. The van der Waals surface area contributed by atoms with Crippen LogP contribution in [0.4, 0.5) is 0 Å². The third-order valence-corrected chi connectivity index (χ3v) is 4.19. The van der Waals surface area contributed by atoms with E-state index in [4.69, 9.17) is 0 Å². The van der Waals surface area contributed by atoms with Gasteiger partial charge in [0.1, 0.15) is 5.78 Å². The van der Waals surface area contributed by atoms with Crippen LogP contribution >= 0.6 is 0 Å². The summed E-state index contributed by atoms with van der Waals surface area (Å²) in [5.74, 6) is 0.379. The van der Waals surface area contributed by atoms with Gasteiger partial charge in [-0.2, -0.15) is 0 Å². The van der Waals surface area contributed by atoms with Crippen LogP contribution in [0.25, 0.3) is 0 Å². The molecule has 1 atom stereocenters. The maximum Gasteiger partial charge on any atom is 0.236 e. The average molecular weight is 268 g/mol. The summed E-state index contributed by atoms with van der Waals surface area (Å²) in [7, 11) is 0. The molecule has 2 rings (SSSR count). The van der Waals surface area contributed by atoms with E-state index in [0.29, 0.717) is 32.5 Å². The standard InChI is InChI=1S/C14H24N2O3/c1-14(19)5-2-7-15(10-6-14)11-13(18)16-8-3-12(17)4-9-16/h19H,2-11H2,1H3. The van der Waals surface area contributed by atoms with Crippen LogP contribution in [0.1, 0.15) is 39.0 Å². The number of hydrogen-bond donors (Lipinski definition) is 1. The van der Waals surface area contributed by atoms with Crippen molar-refractivity contribution >= 4 is 11.7 Å². The monoisotopic (exact) mass is 268 g/mol. The van der Waals surface area contributed by atoms with E-state index in [2.05, 4.69) is 4.90 Å². The first-order valence-electron chi connectivity index (χ1n) is 7.20. The Morgan fingerprint density at radius 1 is 1.21 bits per heavy atom. The number of hydrogen-bond acceptors (Lipinski definition) is 4. The summed E-state index contributed by atoms with van der Waals surface area (Å²) in [5, 5.41) is 10.0. The van der Waals surface area contributed by atoms with Crippen molar-refractivity contribution in [3.63, 3.8) is 0 Å². The van der Waals surface area contributed by atoms with Crippen molar-refractivity contribution in [2.45, 2.75) is 44.6 Å². The fourth-order valence-corrected chi connectivity index (χ4v) is 2.77. The van der Waals surface area contributed by atoms with E-state index in [1.165, 1.54) is 0 Å². The summed E-state index contributed by atoms with van der Waals surface area (Å²) in [6.07, 6.45) is 3.45. The average Bonchev–Trinajstić information content (AvgIpc) is 2.52. The summed E-state index contributed by atoms with van der Waals surface area (Å²) in [6.45, 7) is 5.07. The number of carbonyl (C=O) groups is 2. The highest BCUT2D eigenvalue weighted by atomic mass is 16.3. The molecule has 0 aromatic heterocycles. The molecule has 0 aliphatic carbocycles. The van der Waals surface area contributed by atoms with Gasteiger partial charge in [-0.3, -0.25) is 14.5 Å². The summed E-state index contributed by atoms with van der Waals surface area (Å²) >= 11 is 0. The van der Waals surface area contributed by atoms with Crippen molar-refractivity contribution in [3.05, 3.63) is 0 Å². The van der Waals surface area contributed by atoms with E-state index in [1.807, 2.05) is 6.92 Å². The molecule has 2 aliphatic rings. The fraction of sp³-hybridized carbons (Fsp3) is 0.857. The quantitative estimate of drug-likeness (QED) is 0.788. The van der Waals surface area contributed by atoms with Gasteiger partial charge in [0.15, 0.2) is 0 Å². The van der Waals surface area contributed by atoms with Crippen LogP contribution < -0.4 is 0 Å². The van der Waals surface area contributed by atoms with E-state index in [1.54, 1.807) is 4.90 Å². The molecule has 19 heavy (non-hydrogen) atoms.